The maximum Gasteiger partial charge on any atom is 0.338 e. The van der Waals surface area contributed by atoms with Gasteiger partial charge in [-0.15, -0.1) is 0 Å². The summed E-state index contributed by atoms with van der Waals surface area (Å²) in [5.41, 5.74) is 7.65. The fraction of sp³-hybridized carbons (Fsp3) is 0.0714. The molecule has 0 bridgehead atoms. The fourth-order valence-electron chi connectivity index (χ4n) is 1.48. The van der Waals surface area contributed by atoms with Gasteiger partial charge in [-0.3, -0.25) is 0 Å². The molecule has 0 atom stereocenters. The third-order valence-corrected chi connectivity index (χ3v) is 3.96. The third-order valence-electron chi connectivity index (χ3n) is 2.51. The standard InChI is InChI=1S/C14H11BrINO2/c15-12-6-3-10(7-13(12)17)14(18)19-8-9-1-4-11(16)5-2-9/h1-7H,8,17H2. The van der Waals surface area contributed by atoms with Gasteiger partial charge >= 0.3 is 5.97 Å². The zero-order chi connectivity index (χ0) is 13.8. The maximum atomic E-state index is 11.9. The molecule has 2 rings (SSSR count). The Balaban J connectivity index is 2.01. The average molecular weight is 432 g/mol. The minimum atomic E-state index is -0.377. The van der Waals surface area contributed by atoms with Crippen molar-refractivity contribution in [2.75, 3.05) is 5.73 Å². The maximum absolute atomic E-state index is 11.9. The second-order valence-electron chi connectivity index (χ2n) is 3.94. The van der Waals surface area contributed by atoms with Crippen LogP contribution in [0.1, 0.15) is 15.9 Å². The summed E-state index contributed by atoms with van der Waals surface area (Å²) < 4.78 is 7.15. The Morgan fingerprint density at radius 2 is 1.89 bits per heavy atom. The van der Waals surface area contributed by atoms with Crippen molar-refractivity contribution >= 4 is 50.2 Å². The number of hydrogen-bond acceptors (Lipinski definition) is 3. The van der Waals surface area contributed by atoms with Gasteiger partial charge in [-0.1, -0.05) is 12.1 Å². The van der Waals surface area contributed by atoms with Crippen molar-refractivity contribution < 1.29 is 9.53 Å². The number of ether oxygens (including phenoxy) is 1. The second kappa shape index (κ2) is 6.38. The Morgan fingerprint density at radius 3 is 2.53 bits per heavy atom. The number of anilines is 1. The van der Waals surface area contributed by atoms with Gasteiger partial charge in [0, 0.05) is 13.7 Å². The van der Waals surface area contributed by atoms with Crippen LogP contribution in [0, 0.1) is 3.57 Å². The van der Waals surface area contributed by atoms with Crippen LogP contribution < -0.4 is 5.73 Å². The van der Waals surface area contributed by atoms with Gasteiger partial charge < -0.3 is 10.5 Å². The number of benzene rings is 2. The van der Waals surface area contributed by atoms with E-state index in [0.29, 0.717) is 11.3 Å². The minimum Gasteiger partial charge on any atom is -0.457 e. The van der Waals surface area contributed by atoms with E-state index in [9.17, 15) is 4.79 Å². The molecule has 0 spiro atoms. The third kappa shape index (κ3) is 3.94. The summed E-state index contributed by atoms with van der Waals surface area (Å²) in [5.74, 6) is -0.377. The molecule has 2 aromatic rings. The normalized spacial score (nSPS) is 10.2. The number of nitrogen functional groups attached to an aromatic ring is 1. The molecule has 0 aromatic heterocycles. The van der Waals surface area contributed by atoms with E-state index in [-0.39, 0.29) is 12.6 Å². The van der Waals surface area contributed by atoms with E-state index in [1.807, 2.05) is 24.3 Å². The number of carbonyl (C=O) groups is 1. The van der Waals surface area contributed by atoms with Crippen LogP contribution in [-0.4, -0.2) is 5.97 Å². The Labute approximate surface area is 133 Å². The molecular weight excluding hydrogens is 421 g/mol. The molecule has 0 aliphatic rings. The molecule has 0 radical (unpaired) electrons. The van der Waals surface area contributed by atoms with E-state index in [0.717, 1.165) is 13.6 Å². The summed E-state index contributed by atoms with van der Waals surface area (Å²) in [6.07, 6.45) is 0. The van der Waals surface area contributed by atoms with E-state index in [1.165, 1.54) is 0 Å². The lowest BCUT2D eigenvalue weighted by Crippen LogP contribution is -2.06. The first-order chi connectivity index (χ1) is 9.06. The largest absolute Gasteiger partial charge is 0.457 e. The lowest BCUT2D eigenvalue weighted by molar-refractivity contribution is 0.0473. The zero-order valence-electron chi connectivity index (χ0n) is 9.90. The summed E-state index contributed by atoms with van der Waals surface area (Å²) in [6, 6.07) is 12.8. The highest BCUT2D eigenvalue weighted by Gasteiger charge is 2.09. The highest BCUT2D eigenvalue weighted by atomic mass is 127. The Kier molecular flexibility index (Phi) is 4.81. The number of halogens is 2. The van der Waals surface area contributed by atoms with E-state index in [4.69, 9.17) is 10.5 Å². The van der Waals surface area contributed by atoms with Crippen molar-refractivity contribution in [1.29, 1.82) is 0 Å². The fourth-order valence-corrected chi connectivity index (χ4v) is 2.09. The predicted molar refractivity (Wildman–Crippen MR) is 86.8 cm³/mol. The molecule has 0 aliphatic carbocycles. The van der Waals surface area contributed by atoms with Gasteiger partial charge in [-0.05, 0) is 74.4 Å². The first kappa shape index (κ1) is 14.3. The molecule has 2 aromatic carbocycles. The Bertz CT molecular complexity index is 599. The molecule has 0 amide bonds. The monoisotopic (exact) mass is 431 g/mol. The first-order valence-electron chi connectivity index (χ1n) is 5.53. The van der Waals surface area contributed by atoms with Gasteiger partial charge in [0.2, 0.25) is 0 Å². The van der Waals surface area contributed by atoms with Gasteiger partial charge in [0.1, 0.15) is 6.61 Å². The number of nitrogens with two attached hydrogens (primary N) is 1. The molecule has 2 N–H and O–H groups in total. The van der Waals surface area contributed by atoms with Crippen LogP contribution in [0.5, 0.6) is 0 Å². The molecule has 3 nitrogen and oxygen atoms in total. The molecular formula is C14H11BrINO2. The molecule has 0 saturated heterocycles. The number of hydrogen-bond donors (Lipinski definition) is 1. The quantitative estimate of drug-likeness (QED) is 0.454. The van der Waals surface area contributed by atoms with E-state index in [2.05, 4.69) is 38.5 Å². The van der Waals surface area contributed by atoms with Crippen molar-refractivity contribution in [2.45, 2.75) is 6.61 Å². The SMILES string of the molecule is Nc1cc(C(=O)OCc2ccc(I)cc2)ccc1Br. The van der Waals surface area contributed by atoms with E-state index in [1.54, 1.807) is 18.2 Å². The lowest BCUT2D eigenvalue weighted by Gasteiger charge is -2.06. The molecule has 0 fully saturated rings. The van der Waals surface area contributed by atoms with Crippen molar-refractivity contribution in [2.24, 2.45) is 0 Å². The summed E-state index contributed by atoms with van der Waals surface area (Å²) in [4.78, 5) is 11.9. The topological polar surface area (TPSA) is 52.3 Å². The summed E-state index contributed by atoms with van der Waals surface area (Å²) in [6.45, 7) is 0.256. The van der Waals surface area contributed by atoms with E-state index >= 15 is 0 Å². The van der Waals surface area contributed by atoms with Crippen LogP contribution in [-0.2, 0) is 11.3 Å². The zero-order valence-corrected chi connectivity index (χ0v) is 13.6. The molecule has 98 valence electrons. The van der Waals surface area contributed by atoms with Crippen LogP contribution >= 0.6 is 38.5 Å². The summed E-state index contributed by atoms with van der Waals surface area (Å²) in [7, 11) is 0. The van der Waals surface area contributed by atoms with Crippen LogP contribution in [0.2, 0.25) is 0 Å². The first-order valence-corrected chi connectivity index (χ1v) is 7.40. The number of rotatable bonds is 3. The van der Waals surface area contributed by atoms with Gasteiger partial charge in [0.05, 0.1) is 5.56 Å². The van der Waals surface area contributed by atoms with Gasteiger partial charge in [-0.2, -0.15) is 0 Å². The second-order valence-corrected chi connectivity index (χ2v) is 6.04. The summed E-state index contributed by atoms with van der Waals surface area (Å²) in [5, 5.41) is 0. The molecule has 0 heterocycles. The summed E-state index contributed by atoms with van der Waals surface area (Å²) >= 11 is 5.51. The lowest BCUT2D eigenvalue weighted by atomic mass is 10.2. The molecule has 5 heteroatoms. The predicted octanol–water partition coefficient (Wildman–Crippen LogP) is 3.99. The average Bonchev–Trinajstić information content (AvgIpc) is 2.41. The molecule has 0 aliphatic heterocycles. The van der Waals surface area contributed by atoms with Crippen LogP contribution in [0.4, 0.5) is 5.69 Å². The minimum absolute atomic E-state index is 0.256. The van der Waals surface area contributed by atoms with Crippen LogP contribution in [0.15, 0.2) is 46.9 Å². The van der Waals surface area contributed by atoms with Crippen molar-refractivity contribution in [3.8, 4) is 0 Å². The van der Waals surface area contributed by atoms with Gasteiger partial charge in [0.15, 0.2) is 0 Å². The smallest absolute Gasteiger partial charge is 0.338 e. The van der Waals surface area contributed by atoms with Crippen molar-refractivity contribution in [3.63, 3.8) is 0 Å². The van der Waals surface area contributed by atoms with Crippen LogP contribution in [0.25, 0.3) is 0 Å². The van der Waals surface area contributed by atoms with E-state index < -0.39 is 0 Å². The van der Waals surface area contributed by atoms with Crippen molar-refractivity contribution in [1.82, 2.24) is 0 Å². The highest BCUT2D eigenvalue weighted by molar-refractivity contribution is 14.1. The van der Waals surface area contributed by atoms with Gasteiger partial charge in [-0.25, -0.2) is 4.79 Å². The highest BCUT2D eigenvalue weighted by Crippen LogP contribution is 2.20. The van der Waals surface area contributed by atoms with Crippen LogP contribution in [0.3, 0.4) is 0 Å². The van der Waals surface area contributed by atoms with Crippen molar-refractivity contribution in [3.05, 3.63) is 61.6 Å². The number of esters is 1. The Morgan fingerprint density at radius 1 is 1.21 bits per heavy atom. The molecule has 0 unspecified atom stereocenters. The molecule has 0 saturated carbocycles. The molecule has 19 heavy (non-hydrogen) atoms. The van der Waals surface area contributed by atoms with Gasteiger partial charge in [0.25, 0.3) is 0 Å². The number of carbonyl (C=O) groups excluding carboxylic acids is 1. The Hall–Kier alpha value is -1.08.